The van der Waals surface area contributed by atoms with Gasteiger partial charge >= 0.3 is 0 Å². The van der Waals surface area contributed by atoms with E-state index in [1.165, 1.54) is 48.1 Å². The summed E-state index contributed by atoms with van der Waals surface area (Å²) in [6.07, 6.45) is 8.01. The molecule has 1 heterocycles. The van der Waals surface area contributed by atoms with Crippen LogP contribution in [0.4, 0.5) is 5.69 Å². The minimum Gasteiger partial charge on any atom is -0.371 e. The highest BCUT2D eigenvalue weighted by molar-refractivity contribution is 9.10. The lowest BCUT2D eigenvalue weighted by atomic mass is 10.1. The van der Waals surface area contributed by atoms with E-state index >= 15 is 0 Å². The van der Waals surface area contributed by atoms with E-state index < -0.39 is 0 Å². The average molecular weight is 295 g/mol. The number of rotatable bonds is 3. The number of nitrogens with two attached hydrogens (primary N) is 1. The molecule has 2 nitrogen and oxygen atoms in total. The average Bonchev–Trinajstić information content (AvgIpc) is 2.37. The highest BCUT2D eigenvalue weighted by Crippen LogP contribution is 2.29. The molecule has 2 rings (SSSR count). The number of hydrogen-bond donors (Lipinski definition) is 1. The van der Waals surface area contributed by atoms with Crippen molar-refractivity contribution in [3.63, 3.8) is 0 Å². The van der Waals surface area contributed by atoms with Crippen LogP contribution in [0, 0.1) is 0 Å². The van der Waals surface area contributed by atoms with Gasteiger partial charge in [0.05, 0.1) is 5.69 Å². The highest BCUT2D eigenvalue weighted by Gasteiger charge is 2.13. The maximum absolute atomic E-state index is 5.45. The summed E-state index contributed by atoms with van der Waals surface area (Å²) in [4.78, 5) is 2.46. The van der Waals surface area contributed by atoms with Crippen molar-refractivity contribution < 1.29 is 0 Å². The minimum atomic E-state index is 0.589. The van der Waals surface area contributed by atoms with Gasteiger partial charge in [0.2, 0.25) is 0 Å². The van der Waals surface area contributed by atoms with E-state index in [1.54, 1.807) is 0 Å². The monoisotopic (exact) mass is 294 g/mol. The van der Waals surface area contributed by atoms with Crippen LogP contribution in [0.3, 0.4) is 0 Å². The maximum Gasteiger partial charge on any atom is 0.0511 e. The molecule has 92 valence electrons. The van der Waals surface area contributed by atoms with Gasteiger partial charge in [-0.1, -0.05) is 18.2 Å². The third-order valence-corrected chi connectivity index (χ3v) is 3.75. The predicted octanol–water partition coefficient (Wildman–Crippen LogP) is 3.41. The molecular formula is C14H19BrN2. The molecule has 0 aromatic heterocycles. The summed E-state index contributed by atoms with van der Waals surface area (Å²) in [5.41, 5.74) is 7.97. The van der Waals surface area contributed by atoms with Gasteiger partial charge in [-0.05, 0) is 52.9 Å². The van der Waals surface area contributed by atoms with Crippen LogP contribution in [0.25, 0.3) is 6.08 Å². The third-order valence-electron chi connectivity index (χ3n) is 3.11. The number of piperidine rings is 1. The fraction of sp³-hybridized carbons (Fsp3) is 0.429. The maximum atomic E-state index is 5.45. The SMILES string of the molecule is NC/C=C/c1ccc(N2CCCCC2)c(Br)c1. The molecule has 1 fully saturated rings. The lowest BCUT2D eigenvalue weighted by molar-refractivity contribution is 0.577. The van der Waals surface area contributed by atoms with E-state index in [1.807, 2.05) is 6.08 Å². The Morgan fingerprint density at radius 3 is 2.65 bits per heavy atom. The zero-order chi connectivity index (χ0) is 12.1. The first-order valence-electron chi connectivity index (χ1n) is 6.22. The molecule has 0 unspecified atom stereocenters. The van der Waals surface area contributed by atoms with Gasteiger partial charge in [-0.25, -0.2) is 0 Å². The molecule has 1 aliphatic rings. The van der Waals surface area contributed by atoms with Crippen molar-refractivity contribution in [1.29, 1.82) is 0 Å². The quantitative estimate of drug-likeness (QED) is 0.926. The van der Waals surface area contributed by atoms with Gasteiger partial charge in [-0.2, -0.15) is 0 Å². The van der Waals surface area contributed by atoms with Crippen LogP contribution in [-0.4, -0.2) is 19.6 Å². The predicted molar refractivity (Wildman–Crippen MR) is 78.3 cm³/mol. The second-order valence-corrected chi connectivity index (χ2v) is 5.25. The van der Waals surface area contributed by atoms with Gasteiger partial charge < -0.3 is 10.6 Å². The van der Waals surface area contributed by atoms with Gasteiger partial charge in [-0.3, -0.25) is 0 Å². The normalized spacial score (nSPS) is 16.7. The second-order valence-electron chi connectivity index (χ2n) is 4.40. The molecule has 17 heavy (non-hydrogen) atoms. The van der Waals surface area contributed by atoms with Crippen LogP contribution in [0.2, 0.25) is 0 Å². The number of halogens is 1. The van der Waals surface area contributed by atoms with Crippen molar-refractivity contribution in [2.24, 2.45) is 5.73 Å². The molecule has 0 aliphatic carbocycles. The van der Waals surface area contributed by atoms with Crippen LogP contribution >= 0.6 is 15.9 Å². The Labute approximate surface area is 112 Å². The van der Waals surface area contributed by atoms with Crippen molar-refractivity contribution in [2.45, 2.75) is 19.3 Å². The van der Waals surface area contributed by atoms with E-state index in [9.17, 15) is 0 Å². The first-order chi connectivity index (χ1) is 8.31. The van der Waals surface area contributed by atoms with E-state index in [0.717, 1.165) is 0 Å². The van der Waals surface area contributed by atoms with E-state index in [2.05, 4.69) is 45.1 Å². The Balaban J connectivity index is 2.15. The zero-order valence-corrected chi connectivity index (χ0v) is 11.6. The number of benzene rings is 1. The summed E-state index contributed by atoms with van der Waals surface area (Å²) in [7, 11) is 0. The Hall–Kier alpha value is -0.800. The number of anilines is 1. The van der Waals surface area contributed by atoms with Gasteiger partial charge in [0, 0.05) is 24.1 Å². The molecule has 1 aromatic rings. The van der Waals surface area contributed by atoms with Gasteiger partial charge in [0.25, 0.3) is 0 Å². The minimum absolute atomic E-state index is 0.589. The Kier molecular flexibility index (Phi) is 4.63. The lowest BCUT2D eigenvalue weighted by Crippen LogP contribution is -2.29. The van der Waals surface area contributed by atoms with Gasteiger partial charge in [-0.15, -0.1) is 0 Å². The second kappa shape index (κ2) is 6.22. The molecule has 0 atom stereocenters. The van der Waals surface area contributed by atoms with E-state index in [-0.39, 0.29) is 0 Å². The molecule has 0 bridgehead atoms. The fourth-order valence-corrected chi connectivity index (χ4v) is 2.87. The summed E-state index contributed by atoms with van der Waals surface area (Å²) in [5, 5.41) is 0. The largest absolute Gasteiger partial charge is 0.371 e. The first kappa shape index (κ1) is 12.7. The van der Waals surface area contributed by atoms with Crippen LogP contribution in [0.5, 0.6) is 0 Å². The molecule has 2 N–H and O–H groups in total. The van der Waals surface area contributed by atoms with E-state index in [0.29, 0.717) is 6.54 Å². The Bertz CT molecular complexity index is 395. The van der Waals surface area contributed by atoms with Gasteiger partial charge in [0.15, 0.2) is 0 Å². The summed E-state index contributed by atoms with van der Waals surface area (Å²) >= 11 is 3.67. The van der Waals surface area contributed by atoms with Crippen molar-refractivity contribution in [1.82, 2.24) is 0 Å². The van der Waals surface area contributed by atoms with Crippen LogP contribution in [0.15, 0.2) is 28.7 Å². The third kappa shape index (κ3) is 3.33. The molecule has 1 aliphatic heterocycles. The molecule has 0 radical (unpaired) electrons. The molecule has 1 aromatic carbocycles. The van der Waals surface area contributed by atoms with Crippen molar-refractivity contribution in [3.05, 3.63) is 34.3 Å². The van der Waals surface area contributed by atoms with Gasteiger partial charge in [0.1, 0.15) is 0 Å². The molecule has 0 saturated carbocycles. The lowest BCUT2D eigenvalue weighted by Gasteiger charge is -2.29. The van der Waals surface area contributed by atoms with E-state index in [4.69, 9.17) is 5.73 Å². The molecule has 0 spiro atoms. The van der Waals surface area contributed by atoms with Crippen molar-refractivity contribution >= 4 is 27.7 Å². The number of hydrogen-bond acceptors (Lipinski definition) is 2. The fourth-order valence-electron chi connectivity index (χ4n) is 2.22. The molecular weight excluding hydrogens is 276 g/mol. The van der Waals surface area contributed by atoms with Crippen molar-refractivity contribution in [3.8, 4) is 0 Å². The standard InChI is InChI=1S/C14H19BrN2/c15-13-11-12(5-4-8-16)6-7-14(13)17-9-2-1-3-10-17/h4-7,11H,1-3,8-10,16H2/b5-4+. The topological polar surface area (TPSA) is 29.3 Å². The zero-order valence-electron chi connectivity index (χ0n) is 10.0. The van der Waals surface area contributed by atoms with Crippen LogP contribution < -0.4 is 10.6 Å². The smallest absolute Gasteiger partial charge is 0.0511 e. The summed E-state index contributed by atoms with van der Waals surface area (Å²) < 4.78 is 1.18. The van der Waals surface area contributed by atoms with Crippen LogP contribution in [-0.2, 0) is 0 Å². The highest BCUT2D eigenvalue weighted by atomic mass is 79.9. The summed E-state index contributed by atoms with van der Waals surface area (Å²) in [6, 6.07) is 6.52. The van der Waals surface area contributed by atoms with Crippen LogP contribution in [0.1, 0.15) is 24.8 Å². The summed E-state index contributed by atoms with van der Waals surface area (Å²) in [5.74, 6) is 0. The summed E-state index contributed by atoms with van der Waals surface area (Å²) in [6.45, 7) is 2.94. The Morgan fingerprint density at radius 1 is 1.24 bits per heavy atom. The molecule has 3 heteroatoms. The first-order valence-corrected chi connectivity index (χ1v) is 7.01. The van der Waals surface area contributed by atoms with Crippen molar-refractivity contribution in [2.75, 3.05) is 24.5 Å². The molecule has 0 amide bonds. The molecule has 1 saturated heterocycles. The number of nitrogens with zero attached hydrogens (tertiary/aromatic N) is 1. The Morgan fingerprint density at radius 2 is 2.00 bits per heavy atom.